The van der Waals surface area contributed by atoms with Gasteiger partial charge in [-0.15, -0.1) is 12.4 Å². The maximum Gasteiger partial charge on any atom is 0.328 e. The van der Waals surface area contributed by atoms with Crippen LogP contribution >= 0.6 is 12.4 Å². The van der Waals surface area contributed by atoms with Gasteiger partial charge in [0.05, 0.1) is 0 Å². The van der Waals surface area contributed by atoms with Crippen LogP contribution < -0.4 is 0 Å². The summed E-state index contributed by atoms with van der Waals surface area (Å²) in [6.45, 7) is 1.70. The lowest BCUT2D eigenvalue weighted by Gasteiger charge is -2.32. The summed E-state index contributed by atoms with van der Waals surface area (Å²) in [6, 6.07) is 9.23. The molecule has 0 fully saturated rings. The number of halogens is 1. The molecule has 1 atom stereocenters. The fourth-order valence-electron chi connectivity index (χ4n) is 1.34. The average Bonchev–Trinajstić information content (AvgIpc) is 2.17. The van der Waals surface area contributed by atoms with Crippen molar-refractivity contribution in [2.24, 2.45) is 0 Å². The number of hydrogen-bond donors (Lipinski definition) is 1. The van der Waals surface area contributed by atoms with Gasteiger partial charge in [0.25, 0.3) is 0 Å². The van der Waals surface area contributed by atoms with Gasteiger partial charge in [-0.05, 0) is 26.6 Å². The van der Waals surface area contributed by atoms with E-state index >= 15 is 0 Å². The van der Waals surface area contributed by atoms with E-state index in [2.05, 4.69) is 0 Å². The van der Waals surface area contributed by atoms with E-state index in [9.17, 15) is 9.90 Å². The monoisotopic (exact) mass is 229 g/mol. The molecule has 0 aliphatic rings. The molecule has 0 radical (unpaired) electrons. The Bertz CT molecular complexity index is 327. The number of carboxylic acid groups (broad SMARTS) is 1. The molecule has 3 nitrogen and oxygen atoms in total. The fourth-order valence-corrected chi connectivity index (χ4v) is 1.34. The molecule has 1 aromatic carbocycles. The zero-order valence-electron chi connectivity index (χ0n) is 9.10. The largest absolute Gasteiger partial charge is 0.480 e. The molecule has 15 heavy (non-hydrogen) atoms. The Labute approximate surface area is 96.1 Å². The molecule has 0 aromatic heterocycles. The molecular weight excluding hydrogens is 214 g/mol. The predicted octanol–water partition coefficient (Wildman–Crippen LogP) is 1.97. The van der Waals surface area contributed by atoms with Gasteiger partial charge in [0, 0.05) is 0 Å². The molecule has 1 rings (SSSR count). The number of likely N-dealkylation sites (N-methyl/N-ethyl adjacent to an activating group) is 1. The van der Waals surface area contributed by atoms with Crippen LogP contribution in [0.4, 0.5) is 0 Å². The zero-order chi connectivity index (χ0) is 10.8. The molecule has 0 aliphatic heterocycles. The molecule has 0 amide bonds. The van der Waals surface area contributed by atoms with Gasteiger partial charge in [0.15, 0.2) is 0 Å². The van der Waals surface area contributed by atoms with Crippen LogP contribution in [0.15, 0.2) is 30.3 Å². The summed E-state index contributed by atoms with van der Waals surface area (Å²) >= 11 is 0. The Kier molecular flexibility index (Phi) is 4.78. The van der Waals surface area contributed by atoms with Crippen molar-refractivity contribution in [3.8, 4) is 0 Å². The first-order chi connectivity index (χ1) is 6.49. The van der Waals surface area contributed by atoms with E-state index in [1.165, 1.54) is 0 Å². The van der Waals surface area contributed by atoms with E-state index in [0.717, 1.165) is 5.56 Å². The summed E-state index contributed by atoms with van der Waals surface area (Å²) in [5.74, 6) is -0.839. The van der Waals surface area contributed by atoms with Crippen LogP contribution in [0, 0.1) is 0 Å². The molecule has 0 saturated carbocycles. The molecule has 1 aromatic rings. The van der Waals surface area contributed by atoms with Crippen LogP contribution in [0.3, 0.4) is 0 Å². The Morgan fingerprint density at radius 1 is 1.27 bits per heavy atom. The summed E-state index contributed by atoms with van der Waals surface area (Å²) in [5.41, 5.74) is -0.168. The van der Waals surface area contributed by atoms with Crippen molar-refractivity contribution in [1.82, 2.24) is 4.90 Å². The Hall–Kier alpha value is -1.06. The van der Waals surface area contributed by atoms with Crippen molar-refractivity contribution in [1.29, 1.82) is 0 Å². The van der Waals surface area contributed by atoms with Crippen LogP contribution in [-0.2, 0) is 10.3 Å². The number of carboxylic acids is 1. The first kappa shape index (κ1) is 13.9. The second-order valence-corrected chi connectivity index (χ2v) is 3.64. The lowest BCUT2D eigenvalue weighted by Crippen LogP contribution is -2.45. The van der Waals surface area contributed by atoms with E-state index < -0.39 is 11.5 Å². The highest BCUT2D eigenvalue weighted by Gasteiger charge is 2.37. The minimum Gasteiger partial charge on any atom is -0.480 e. The third kappa shape index (κ3) is 2.49. The number of rotatable bonds is 3. The number of hydrogen-bond acceptors (Lipinski definition) is 2. The summed E-state index contributed by atoms with van der Waals surface area (Å²) in [6.07, 6.45) is 0. The minimum absolute atomic E-state index is 0. The van der Waals surface area contributed by atoms with E-state index in [1.807, 2.05) is 30.3 Å². The van der Waals surface area contributed by atoms with Gasteiger partial charge in [0.1, 0.15) is 5.54 Å². The van der Waals surface area contributed by atoms with Crippen LogP contribution in [0.2, 0.25) is 0 Å². The normalized spacial score (nSPS) is 14.1. The third-order valence-corrected chi connectivity index (χ3v) is 2.65. The highest BCUT2D eigenvalue weighted by Crippen LogP contribution is 2.25. The van der Waals surface area contributed by atoms with E-state index in [0.29, 0.717) is 0 Å². The van der Waals surface area contributed by atoms with Crippen LogP contribution in [0.1, 0.15) is 12.5 Å². The Balaban J connectivity index is 0.00000196. The lowest BCUT2D eigenvalue weighted by molar-refractivity contribution is -0.149. The molecule has 0 spiro atoms. The van der Waals surface area contributed by atoms with Gasteiger partial charge in [-0.2, -0.15) is 0 Å². The third-order valence-electron chi connectivity index (χ3n) is 2.65. The second kappa shape index (κ2) is 5.14. The summed E-state index contributed by atoms with van der Waals surface area (Å²) in [5, 5.41) is 9.21. The molecular formula is C11H16ClNO2. The predicted molar refractivity (Wildman–Crippen MR) is 62.4 cm³/mol. The number of benzene rings is 1. The SMILES string of the molecule is CN(C)C(C)(C(=O)O)c1ccccc1.Cl. The van der Waals surface area contributed by atoms with Crippen molar-refractivity contribution >= 4 is 18.4 Å². The highest BCUT2D eigenvalue weighted by atomic mass is 35.5. The van der Waals surface area contributed by atoms with Gasteiger partial charge >= 0.3 is 5.97 Å². The number of aliphatic carboxylic acids is 1. The molecule has 1 N–H and O–H groups in total. The maximum absolute atomic E-state index is 11.2. The van der Waals surface area contributed by atoms with Crippen molar-refractivity contribution in [2.45, 2.75) is 12.5 Å². The van der Waals surface area contributed by atoms with Gasteiger partial charge in [0.2, 0.25) is 0 Å². The summed E-state index contributed by atoms with van der Waals surface area (Å²) in [7, 11) is 3.53. The molecule has 0 aliphatic carbocycles. The fraction of sp³-hybridized carbons (Fsp3) is 0.364. The van der Waals surface area contributed by atoms with Crippen molar-refractivity contribution in [3.63, 3.8) is 0 Å². The molecule has 0 heterocycles. The van der Waals surface area contributed by atoms with E-state index in [-0.39, 0.29) is 12.4 Å². The molecule has 4 heteroatoms. The van der Waals surface area contributed by atoms with Crippen LogP contribution in [0.5, 0.6) is 0 Å². The van der Waals surface area contributed by atoms with Gasteiger partial charge in [-0.25, -0.2) is 4.79 Å². The van der Waals surface area contributed by atoms with E-state index in [4.69, 9.17) is 0 Å². The lowest BCUT2D eigenvalue weighted by atomic mass is 9.91. The first-order valence-electron chi connectivity index (χ1n) is 4.46. The summed E-state index contributed by atoms with van der Waals surface area (Å²) in [4.78, 5) is 12.9. The quantitative estimate of drug-likeness (QED) is 0.862. The minimum atomic E-state index is -0.957. The van der Waals surface area contributed by atoms with Crippen molar-refractivity contribution in [3.05, 3.63) is 35.9 Å². The molecule has 0 bridgehead atoms. The summed E-state index contributed by atoms with van der Waals surface area (Å²) < 4.78 is 0. The van der Waals surface area contributed by atoms with Crippen molar-refractivity contribution < 1.29 is 9.90 Å². The second-order valence-electron chi connectivity index (χ2n) is 3.64. The average molecular weight is 230 g/mol. The van der Waals surface area contributed by atoms with E-state index in [1.54, 1.807) is 25.9 Å². The molecule has 84 valence electrons. The first-order valence-corrected chi connectivity index (χ1v) is 4.46. The zero-order valence-corrected chi connectivity index (χ0v) is 9.91. The van der Waals surface area contributed by atoms with Crippen LogP contribution in [-0.4, -0.2) is 30.1 Å². The molecule has 1 unspecified atom stereocenters. The number of carbonyl (C=O) groups is 1. The van der Waals surface area contributed by atoms with Gasteiger partial charge < -0.3 is 5.11 Å². The maximum atomic E-state index is 11.2. The Morgan fingerprint density at radius 3 is 2.07 bits per heavy atom. The number of nitrogens with zero attached hydrogens (tertiary/aromatic N) is 1. The standard InChI is InChI=1S/C11H15NO2.ClH/c1-11(10(13)14,12(2)3)9-7-5-4-6-8-9;/h4-8H,1-3H3,(H,13,14);1H. The molecule has 0 saturated heterocycles. The van der Waals surface area contributed by atoms with Gasteiger partial charge in [-0.3, -0.25) is 4.90 Å². The van der Waals surface area contributed by atoms with Gasteiger partial charge in [-0.1, -0.05) is 30.3 Å². The van der Waals surface area contributed by atoms with Crippen LogP contribution in [0.25, 0.3) is 0 Å². The smallest absolute Gasteiger partial charge is 0.328 e. The van der Waals surface area contributed by atoms with Crippen molar-refractivity contribution in [2.75, 3.05) is 14.1 Å². The topological polar surface area (TPSA) is 40.5 Å². The highest BCUT2D eigenvalue weighted by molar-refractivity contribution is 5.85. The Morgan fingerprint density at radius 2 is 1.73 bits per heavy atom.